The normalized spacial score (nSPS) is 10.6. The minimum Gasteiger partial charge on any atom is -0.481 e. The summed E-state index contributed by atoms with van der Waals surface area (Å²) in [6.07, 6.45) is -0.277. The van der Waals surface area contributed by atoms with Crippen molar-refractivity contribution in [2.24, 2.45) is 0 Å². The summed E-state index contributed by atoms with van der Waals surface area (Å²) in [4.78, 5) is 26.4. The van der Waals surface area contributed by atoms with Gasteiger partial charge in [0.1, 0.15) is 12.2 Å². The van der Waals surface area contributed by atoms with Crippen LogP contribution in [0.25, 0.3) is 5.52 Å². The number of carbonyl (C=O) groups is 2. The van der Waals surface area contributed by atoms with E-state index in [9.17, 15) is 9.59 Å². The summed E-state index contributed by atoms with van der Waals surface area (Å²) in [7, 11) is 1.25. The summed E-state index contributed by atoms with van der Waals surface area (Å²) in [5, 5.41) is 8.84. The van der Waals surface area contributed by atoms with Gasteiger partial charge in [0, 0.05) is 0 Å². The maximum Gasteiger partial charge on any atom is 0.358 e. The molecule has 2 rings (SSSR count). The highest BCUT2D eigenvalue weighted by Gasteiger charge is 2.20. The molecule has 2 aromatic heterocycles. The number of ether oxygens (including phenoxy) is 1. The van der Waals surface area contributed by atoms with Crippen LogP contribution in [0.4, 0.5) is 0 Å². The molecule has 0 unspecified atom stereocenters. The number of carboxylic acid groups (broad SMARTS) is 1. The molecule has 0 saturated heterocycles. The Morgan fingerprint density at radius 1 is 1.50 bits per heavy atom. The number of imidazole rings is 1. The third kappa shape index (κ3) is 2.08. The van der Waals surface area contributed by atoms with Gasteiger partial charge in [0.25, 0.3) is 0 Å². The lowest BCUT2D eigenvalue weighted by Gasteiger charge is -2.01. The highest BCUT2D eigenvalue weighted by atomic mass is 79.9. The highest BCUT2D eigenvalue weighted by Crippen LogP contribution is 2.20. The molecule has 1 N–H and O–H groups in total. The second kappa shape index (κ2) is 4.77. The van der Waals surface area contributed by atoms with Crippen LogP contribution in [0.15, 0.2) is 22.8 Å². The molecule has 0 saturated carbocycles. The van der Waals surface area contributed by atoms with Gasteiger partial charge < -0.3 is 9.84 Å². The fourth-order valence-electron chi connectivity index (χ4n) is 1.67. The van der Waals surface area contributed by atoms with E-state index in [0.29, 0.717) is 10.1 Å². The smallest absolute Gasteiger partial charge is 0.358 e. The van der Waals surface area contributed by atoms with Gasteiger partial charge in [0.2, 0.25) is 0 Å². The van der Waals surface area contributed by atoms with E-state index >= 15 is 0 Å². The van der Waals surface area contributed by atoms with Crippen LogP contribution in [0.1, 0.15) is 16.3 Å². The molecule has 94 valence electrons. The number of rotatable bonds is 3. The van der Waals surface area contributed by atoms with Crippen molar-refractivity contribution < 1.29 is 19.4 Å². The van der Waals surface area contributed by atoms with Crippen molar-refractivity contribution in [1.82, 2.24) is 9.38 Å². The van der Waals surface area contributed by atoms with Crippen molar-refractivity contribution >= 4 is 33.4 Å². The first-order valence-corrected chi connectivity index (χ1v) is 5.80. The second-order valence-electron chi connectivity index (χ2n) is 3.51. The average Bonchev–Trinajstić information content (AvgIpc) is 2.68. The summed E-state index contributed by atoms with van der Waals surface area (Å²) in [6.45, 7) is 0. The highest BCUT2D eigenvalue weighted by molar-refractivity contribution is 9.10. The first-order chi connectivity index (χ1) is 8.54. The molecule has 6 nitrogen and oxygen atoms in total. The largest absolute Gasteiger partial charge is 0.481 e. The molecule has 0 aliphatic carbocycles. The number of aromatic nitrogens is 2. The zero-order chi connectivity index (χ0) is 13.3. The lowest BCUT2D eigenvalue weighted by Crippen LogP contribution is -2.05. The maximum atomic E-state index is 11.6. The van der Waals surface area contributed by atoms with Crippen molar-refractivity contribution in [1.29, 1.82) is 0 Å². The number of esters is 1. The van der Waals surface area contributed by atoms with E-state index in [1.165, 1.54) is 7.11 Å². The number of hydrogen-bond donors (Lipinski definition) is 1. The predicted molar refractivity (Wildman–Crippen MR) is 65.6 cm³/mol. The van der Waals surface area contributed by atoms with Gasteiger partial charge in [-0.05, 0) is 28.1 Å². The minimum absolute atomic E-state index is 0.107. The van der Waals surface area contributed by atoms with Crippen molar-refractivity contribution in [2.45, 2.75) is 6.42 Å². The quantitative estimate of drug-likeness (QED) is 0.686. The number of carbonyl (C=O) groups excluding carboxylic acids is 1. The van der Waals surface area contributed by atoms with E-state index in [0.717, 1.165) is 0 Å². The molecule has 18 heavy (non-hydrogen) atoms. The lowest BCUT2D eigenvalue weighted by molar-refractivity contribution is -0.136. The van der Waals surface area contributed by atoms with E-state index in [2.05, 4.69) is 25.7 Å². The van der Waals surface area contributed by atoms with Crippen LogP contribution in [-0.4, -0.2) is 33.5 Å². The molecule has 0 spiro atoms. The number of nitrogens with zero attached hydrogens (tertiary/aromatic N) is 2. The van der Waals surface area contributed by atoms with Crippen LogP contribution in [0.5, 0.6) is 0 Å². The minimum atomic E-state index is -1.02. The van der Waals surface area contributed by atoms with Gasteiger partial charge in [-0.2, -0.15) is 0 Å². The van der Waals surface area contributed by atoms with Gasteiger partial charge in [-0.3, -0.25) is 9.20 Å². The Bertz CT molecular complexity index is 635. The summed E-state index contributed by atoms with van der Waals surface area (Å²) in [5.74, 6) is -1.35. The number of halogens is 1. The first kappa shape index (κ1) is 12.6. The molecular weight excluding hydrogens is 304 g/mol. The maximum absolute atomic E-state index is 11.6. The number of aliphatic carboxylic acids is 1. The zero-order valence-corrected chi connectivity index (χ0v) is 11.0. The van der Waals surface area contributed by atoms with Crippen molar-refractivity contribution in [3.05, 3.63) is 34.3 Å². The standard InChI is InChI=1S/C11H9BrN2O4/c1-18-11(17)10-6-3-2-4-7(12)14(6)8(13-10)5-9(15)16/h2-4H,5H2,1H3,(H,15,16). The van der Waals surface area contributed by atoms with E-state index in [1.807, 2.05) is 0 Å². The molecule has 0 atom stereocenters. The SMILES string of the molecule is COC(=O)c1nc(CC(=O)O)n2c(Br)cccc12. The molecule has 0 radical (unpaired) electrons. The zero-order valence-electron chi connectivity index (χ0n) is 9.38. The molecule has 0 bridgehead atoms. The third-order valence-corrected chi connectivity index (χ3v) is 2.99. The van der Waals surface area contributed by atoms with Crippen LogP contribution in [-0.2, 0) is 16.0 Å². The number of fused-ring (bicyclic) bond motifs is 1. The van der Waals surface area contributed by atoms with Gasteiger partial charge in [0.05, 0.1) is 17.2 Å². The van der Waals surface area contributed by atoms with Crippen molar-refractivity contribution in [2.75, 3.05) is 7.11 Å². The molecular formula is C11H9BrN2O4. The fraction of sp³-hybridized carbons (Fsp3) is 0.182. The first-order valence-electron chi connectivity index (χ1n) is 5.00. The third-order valence-electron chi connectivity index (χ3n) is 2.37. The molecule has 0 aromatic carbocycles. The molecule has 2 aromatic rings. The van der Waals surface area contributed by atoms with Crippen LogP contribution in [0, 0.1) is 0 Å². The Labute approximate surface area is 110 Å². The molecule has 0 fully saturated rings. The van der Waals surface area contributed by atoms with E-state index in [4.69, 9.17) is 5.11 Å². The van der Waals surface area contributed by atoms with E-state index in [1.54, 1.807) is 22.6 Å². The van der Waals surface area contributed by atoms with Crippen LogP contribution in [0.3, 0.4) is 0 Å². The Balaban J connectivity index is 2.71. The van der Waals surface area contributed by atoms with Gasteiger partial charge in [-0.15, -0.1) is 0 Å². The van der Waals surface area contributed by atoms with Crippen molar-refractivity contribution in [3.63, 3.8) is 0 Å². The monoisotopic (exact) mass is 312 g/mol. The summed E-state index contributed by atoms with van der Waals surface area (Å²) in [6, 6.07) is 5.15. The summed E-state index contributed by atoms with van der Waals surface area (Å²) < 4.78 is 6.82. The fourth-order valence-corrected chi connectivity index (χ4v) is 2.22. The van der Waals surface area contributed by atoms with E-state index in [-0.39, 0.29) is 17.9 Å². The molecule has 2 heterocycles. The van der Waals surface area contributed by atoms with Gasteiger partial charge in [-0.25, -0.2) is 9.78 Å². The molecule has 7 heteroatoms. The van der Waals surface area contributed by atoms with Crippen LogP contribution in [0.2, 0.25) is 0 Å². The topological polar surface area (TPSA) is 80.9 Å². The lowest BCUT2D eigenvalue weighted by atomic mass is 10.3. The van der Waals surface area contributed by atoms with Crippen LogP contribution >= 0.6 is 15.9 Å². The predicted octanol–water partition coefficient (Wildman–Crippen LogP) is 1.51. The Morgan fingerprint density at radius 2 is 2.22 bits per heavy atom. The molecule has 0 aliphatic rings. The van der Waals surface area contributed by atoms with E-state index < -0.39 is 11.9 Å². The van der Waals surface area contributed by atoms with Gasteiger partial charge in [0.15, 0.2) is 5.69 Å². The van der Waals surface area contributed by atoms with Gasteiger partial charge >= 0.3 is 11.9 Å². The van der Waals surface area contributed by atoms with Gasteiger partial charge in [-0.1, -0.05) is 6.07 Å². The van der Waals surface area contributed by atoms with Crippen LogP contribution < -0.4 is 0 Å². The number of carboxylic acids is 1. The number of pyridine rings is 1. The Hall–Kier alpha value is -1.89. The summed E-state index contributed by atoms with van der Waals surface area (Å²) >= 11 is 3.30. The Kier molecular flexibility index (Phi) is 3.33. The van der Waals surface area contributed by atoms with Crippen molar-refractivity contribution in [3.8, 4) is 0 Å². The second-order valence-corrected chi connectivity index (χ2v) is 4.32. The average molecular weight is 313 g/mol. The number of methoxy groups -OCH3 is 1. The molecule has 0 amide bonds. The molecule has 0 aliphatic heterocycles. The Morgan fingerprint density at radius 3 is 2.83 bits per heavy atom. The summed E-state index contributed by atoms with van der Waals surface area (Å²) in [5.41, 5.74) is 0.613. The number of hydrogen-bond acceptors (Lipinski definition) is 4.